The van der Waals surface area contributed by atoms with E-state index in [-0.39, 0.29) is 0 Å². The van der Waals surface area contributed by atoms with Gasteiger partial charge in [-0.15, -0.1) is 0 Å². The lowest BCUT2D eigenvalue weighted by atomic mass is 9.87. The molecule has 0 fully saturated rings. The molecule has 0 aliphatic heterocycles. The maximum absolute atomic E-state index is 2.49. The fourth-order valence-corrected chi connectivity index (χ4v) is 10.4. The maximum atomic E-state index is 2.49. The molecule has 56 heavy (non-hydrogen) atoms. The molecule has 0 nitrogen and oxygen atoms in total. The molecule has 0 saturated heterocycles. The van der Waals surface area contributed by atoms with Gasteiger partial charge in [-0.25, -0.2) is 0 Å². The van der Waals surface area contributed by atoms with E-state index in [4.69, 9.17) is 0 Å². The smallest absolute Gasteiger partial charge is 0.00201 e. The molecule has 13 aromatic rings. The highest BCUT2D eigenvalue weighted by Gasteiger charge is 2.17. The van der Waals surface area contributed by atoms with Gasteiger partial charge in [0.2, 0.25) is 0 Å². The summed E-state index contributed by atoms with van der Waals surface area (Å²) in [7, 11) is 0. The van der Waals surface area contributed by atoms with Crippen LogP contribution in [0.2, 0.25) is 0 Å². The van der Waals surface area contributed by atoms with Crippen molar-refractivity contribution in [2.24, 2.45) is 0 Å². The Kier molecular flexibility index (Phi) is 5.98. The Bertz CT molecular complexity index is 3300. The average molecular weight is 705 g/mol. The molecule has 13 aromatic carbocycles. The molecule has 0 radical (unpaired) electrons. The Labute approximate surface area is 322 Å². The van der Waals surface area contributed by atoms with Crippen molar-refractivity contribution in [2.45, 2.75) is 0 Å². The van der Waals surface area contributed by atoms with Crippen LogP contribution in [0.1, 0.15) is 0 Å². The lowest BCUT2D eigenvalue weighted by molar-refractivity contribution is 1.79. The Hall–Kier alpha value is -7.28. The second-order valence-corrected chi connectivity index (χ2v) is 15.5. The van der Waals surface area contributed by atoms with Crippen LogP contribution in [-0.2, 0) is 0 Å². The van der Waals surface area contributed by atoms with Gasteiger partial charge in [-0.2, -0.15) is 0 Å². The molecule has 0 N–H and O–H groups in total. The Morgan fingerprint density at radius 3 is 0.536 bits per heavy atom. The molecule has 13 rings (SSSR count). The molecule has 0 heterocycles. The number of rotatable bonds is 0. The molecule has 0 heteroatoms. The topological polar surface area (TPSA) is 0 Å². The summed E-state index contributed by atoms with van der Waals surface area (Å²) in [5.74, 6) is 0. The van der Waals surface area contributed by atoms with Gasteiger partial charge in [-0.3, -0.25) is 0 Å². The van der Waals surface area contributed by atoms with Gasteiger partial charge in [0.05, 0.1) is 0 Å². The van der Waals surface area contributed by atoms with E-state index in [9.17, 15) is 0 Å². The van der Waals surface area contributed by atoms with Gasteiger partial charge in [-0.05, 0) is 154 Å². The normalized spacial score (nSPS) is 12.3. The highest BCUT2D eigenvalue weighted by molar-refractivity contribution is 6.39. The minimum absolute atomic E-state index is 1.25. The van der Waals surface area contributed by atoms with Gasteiger partial charge in [0.15, 0.2) is 0 Å². The van der Waals surface area contributed by atoms with Crippen molar-refractivity contribution in [1.29, 1.82) is 0 Å². The van der Waals surface area contributed by atoms with Crippen LogP contribution < -0.4 is 0 Å². The van der Waals surface area contributed by atoms with Crippen LogP contribution in [0.15, 0.2) is 194 Å². The van der Waals surface area contributed by atoms with Crippen LogP contribution >= 0.6 is 0 Å². The van der Waals surface area contributed by atoms with Crippen LogP contribution in [0, 0.1) is 0 Å². The first kappa shape index (κ1) is 30.1. The highest BCUT2D eigenvalue weighted by atomic mass is 14.2. The van der Waals surface area contributed by atoms with E-state index in [1.54, 1.807) is 0 Å². The van der Waals surface area contributed by atoms with E-state index in [1.165, 1.54) is 129 Å². The summed E-state index contributed by atoms with van der Waals surface area (Å²) in [5, 5.41) is 30.4. The SMILES string of the molecule is c1cc2cc3cccc4c3cc2c(c1)c1c2ccccc2c(c2cccc3cc5cccc(c5cc32)c2c3ccccc3c4c3ccccc32)c2ccccc21. The quantitative estimate of drug-likeness (QED) is 0.138. The second-order valence-electron chi connectivity index (χ2n) is 15.5. The van der Waals surface area contributed by atoms with Crippen LogP contribution in [0.25, 0.3) is 129 Å². The van der Waals surface area contributed by atoms with Crippen molar-refractivity contribution in [2.75, 3.05) is 0 Å². The van der Waals surface area contributed by atoms with Crippen molar-refractivity contribution in [3.05, 3.63) is 194 Å². The minimum atomic E-state index is 1.25. The summed E-state index contributed by atoms with van der Waals surface area (Å²) in [4.78, 5) is 0. The highest BCUT2D eigenvalue weighted by Crippen LogP contribution is 2.45. The predicted octanol–water partition coefficient (Wildman–Crippen LogP) is 16.1. The lowest BCUT2D eigenvalue weighted by Gasteiger charge is -2.16. The molecule has 0 aliphatic rings. The molecule has 0 unspecified atom stereocenters. The molecule has 0 aliphatic carbocycles. The first-order valence-electron chi connectivity index (χ1n) is 19.6. The van der Waals surface area contributed by atoms with Gasteiger partial charge in [0.25, 0.3) is 0 Å². The summed E-state index contributed by atoms with van der Waals surface area (Å²) < 4.78 is 0. The van der Waals surface area contributed by atoms with Crippen LogP contribution in [0.5, 0.6) is 0 Å². The summed E-state index contributed by atoms with van der Waals surface area (Å²) in [6.07, 6.45) is 0. The summed E-state index contributed by atoms with van der Waals surface area (Å²) in [5.41, 5.74) is 0. The molecule has 0 saturated carbocycles. The van der Waals surface area contributed by atoms with Crippen molar-refractivity contribution in [3.8, 4) is 0 Å². The van der Waals surface area contributed by atoms with Crippen LogP contribution in [0.3, 0.4) is 0 Å². The zero-order valence-corrected chi connectivity index (χ0v) is 30.5. The number of hydrogen-bond donors (Lipinski definition) is 0. The van der Waals surface area contributed by atoms with Crippen molar-refractivity contribution < 1.29 is 0 Å². The van der Waals surface area contributed by atoms with Crippen LogP contribution in [0.4, 0.5) is 0 Å². The van der Waals surface area contributed by atoms with Gasteiger partial charge in [-0.1, -0.05) is 170 Å². The van der Waals surface area contributed by atoms with Crippen molar-refractivity contribution in [1.82, 2.24) is 0 Å². The van der Waals surface area contributed by atoms with E-state index >= 15 is 0 Å². The molecular formula is C56H32. The summed E-state index contributed by atoms with van der Waals surface area (Å²) in [6.45, 7) is 0. The van der Waals surface area contributed by atoms with Crippen molar-refractivity contribution >= 4 is 129 Å². The van der Waals surface area contributed by atoms with E-state index in [1.807, 2.05) is 0 Å². The third-order valence-corrected chi connectivity index (χ3v) is 12.7. The standard InChI is InChI=1S/C56H32/c1-2-18-38-37(17-1)53-39-19-3-4-20-40(39)54(38)46-26-10-14-34-30-36-16-12-28-48(52(36)32-50(34)46)56-43-23-7-5-21-41(43)55(42-22-6-8-24-44(42)56)47-27-11-15-35-29-33-13-9-25-45(53)49(33)31-51(35)47/h1-32H. The molecule has 0 aromatic heterocycles. The van der Waals surface area contributed by atoms with Gasteiger partial charge in [0.1, 0.15) is 0 Å². The third kappa shape index (κ3) is 3.98. The fourth-order valence-electron chi connectivity index (χ4n) is 10.4. The maximum Gasteiger partial charge on any atom is -0.00201 e. The van der Waals surface area contributed by atoms with E-state index in [0.29, 0.717) is 0 Å². The molecule has 0 amide bonds. The first-order chi connectivity index (χ1) is 27.8. The number of hydrogen-bond acceptors (Lipinski definition) is 0. The van der Waals surface area contributed by atoms with E-state index in [0.717, 1.165) is 0 Å². The average Bonchev–Trinajstić information content (AvgIpc) is 3.25. The number of fused-ring (bicyclic) bond motifs is 10. The van der Waals surface area contributed by atoms with Crippen molar-refractivity contribution in [3.63, 3.8) is 0 Å². The molecule has 0 spiro atoms. The Balaban J connectivity index is 1.46. The van der Waals surface area contributed by atoms with Crippen LogP contribution in [-0.4, -0.2) is 0 Å². The first-order valence-corrected chi connectivity index (χ1v) is 19.6. The predicted molar refractivity (Wildman–Crippen MR) is 245 cm³/mol. The molecule has 8 bridgehead atoms. The van der Waals surface area contributed by atoms with Gasteiger partial charge < -0.3 is 0 Å². The van der Waals surface area contributed by atoms with E-state index < -0.39 is 0 Å². The second kappa shape index (κ2) is 11.1. The molecule has 0 atom stereocenters. The van der Waals surface area contributed by atoms with Gasteiger partial charge in [0, 0.05) is 0 Å². The molecular weight excluding hydrogens is 673 g/mol. The Morgan fingerprint density at radius 1 is 0.143 bits per heavy atom. The zero-order valence-electron chi connectivity index (χ0n) is 30.5. The van der Waals surface area contributed by atoms with Gasteiger partial charge >= 0.3 is 0 Å². The third-order valence-electron chi connectivity index (χ3n) is 12.7. The Morgan fingerprint density at radius 2 is 0.321 bits per heavy atom. The van der Waals surface area contributed by atoms with E-state index in [2.05, 4.69) is 194 Å². The lowest BCUT2D eigenvalue weighted by Crippen LogP contribution is -1.88. The zero-order chi connectivity index (χ0) is 36.5. The molecule has 256 valence electrons. The largest absolute Gasteiger partial charge is 0.0616 e. The fraction of sp³-hybridized carbons (Fsp3) is 0. The summed E-state index contributed by atoms with van der Waals surface area (Å²) >= 11 is 0. The monoisotopic (exact) mass is 704 g/mol. The summed E-state index contributed by atoms with van der Waals surface area (Å²) in [6, 6.07) is 73.6. The minimum Gasteiger partial charge on any atom is -0.0616 e. The number of benzene rings is 12.